The SMILES string of the molecule is CON=C1/C(=C/c2ccc(-n3cnc(C)c3)c(OC)c2)CCCN1C(C)c1ccc(F)cc1. The zero-order valence-electron chi connectivity index (χ0n) is 19.5. The minimum Gasteiger partial charge on any atom is -0.495 e. The molecule has 1 saturated heterocycles. The molecule has 0 amide bonds. The molecule has 0 spiro atoms. The van der Waals surface area contributed by atoms with E-state index < -0.39 is 0 Å². The Morgan fingerprint density at radius 1 is 1.15 bits per heavy atom. The fourth-order valence-electron chi connectivity index (χ4n) is 4.23. The number of ether oxygens (including phenoxy) is 1. The number of aryl methyl sites for hydroxylation is 1. The molecule has 0 bridgehead atoms. The molecule has 1 aromatic heterocycles. The summed E-state index contributed by atoms with van der Waals surface area (Å²) >= 11 is 0. The zero-order chi connectivity index (χ0) is 23.4. The van der Waals surface area contributed by atoms with Gasteiger partial charge in [0, 0.05) is 12.7 Å². The van der Waals surface area contributed by atoms with Crippen LogP contribution in [0, 0.1) is 12.7 Å². The number of piperidine rings is 1. The summed E-state index contributed by atoms with van der Waals surface area (Å²) in [6.07, 6.45) is 7.76. The van der Waals surface area contributed by atoms with Gasteiger partial charge in [-0.2, -0.15) is 0 Å². The van der Waals surface area contributed by atoms with Crippen LogP contribution < -0.4 is 4.74 Å². The Kier molecular flexibility index (Phi) is 6.77. The summed E-state index contributed by atoms with van der Waals surface area (Å²) in [6, 6.07) is 12.8. The smallest absolute Gasteiger partial charge is 0.171 e. The van der Waals surface area contributed by atoms with Crippen molar-refractivity contribution in [3.63, 3.8) is 0 Å². The highest BCUT2D eigenvalue weighted by molar-refractivity contribution is 6.02. The molecule has 7 heteroatoms. The number of amidine groups is 1. The van der Waals surface area contributed by atoms with Gasteiger partial charge in [-0.15, -0.1) is 0 Å². The third-order valence-electron chi connectivity index (χ3n) is 5.94. The summed E-state index contributed by atoms with van der Waals surface area (Å²) in [5.74, 6) is 1.33. The summed E-state index contributed by atoms with van der Waals surface area (Å²) in [6.45, 7) is 4.91. The summed E-state index contributed by atoms with van der Waals surface area (Å²) in [5.41, 5.74) is 5.01. The van der Waals surface area contributed by atoms with Crippen molar-refractivity contribution in [2.75, 3.05) is 20.8 Å². The lowest BCUT2D eigenvalue weighted by Gasteiger charge is -2.36. The van der Waals surface area contributed by atoms with Gasteiger partial charge < -0.3 is 19.0 Å². The van der Waals surface area contributed by atoms with Gasteiger partial charge in [0.25, 0.3) is 0 Å². The second-order valence-corrected chi connectivity index (χ2v) is 8.15. The van der Waals surface area contributed by atoms with Gasteiger partial charge in [-0.25, -0.2) is 9.37 Å². The van der Waals surface area contributed by atoms with E-state index in [0.717, 1.165) is 59.1 Å². The van der Waals surface area contributed by atoms with E-state index in [1.165, 1.54) is 12.1 Å². The molecule has 1 aliphatic heterocycles. The number of benzene rings is 2. The van der Waals surface area contributed by atoms with Gasteiger partial charge in [-0.1, -0.05) is 23.4 Å². The van der Waals surface area contributed by atoms with Gasteiger partial charge in [0.05, 0.1) is 30.9 Å². The average Bonchev–Trinajstić information content (AvgIpc) is 3.26. The van der Waals surface area contributed by atoms with E-state index in [4.69, 9.17) is 9.57 Å². The molecule has 0 aliphatic carbocycles. The van der Waals surface area contributed by atoms with Crippen LogP contribution in [0.25, 0.3) is 11.8 Å². The van der Waals surface area contributed by atoms with Crippen molar-refractivity contribution in [1.82, 2.24) is 14.5 Å². The lowest BCUT2D eigenvalue weighted by Crippen LogP contribution is -2.39. The molecular weight excluding hydrogens is 419 g/mol. The molecule has 4 rings (SSSR count). The van der Waals surface area contributed by atoms with Crippen molar-refractivity contribution in [3.05, 3.63) is 83.2 Å². The minimum atomic E-state index is -0.237. The Balaban J connectivity index is 1.66. The Morgan fingerprint density at radius 3 is 2.61 bits per heavy atom. The Hall–Kier alpha value is -3.61. The first kappa shape index (κ1) is 22.6. The quantitative estimate of drug-likeness (QED) is 0.466. The van der Waals surface area contributed by atoms with Crippen LogP contribution in [0.1, 0.15) is 42.6 Å². The van der Waals surface area contributed by atoms with Crippen LogP contribution in [0.2, 0.25) is 0 Å². The molecule has 2 heterocycles. The fraction of sp³-hybridized carbons (Fsp3) is 0.308. The van der Waals surface area contributed by atoms with E-state index in [0.29, 0.717) is 0 Å². The number of imidazole rings is 1. The van der Waals surface area contributed by atoms with E-state index in [1.54, 1.807) is 20.5 Å². The molecule has 172 valence electrons. The number of halogens is 1. The van der Waals surface area contributed by atoms with Crippen LogP contribution in [-0.4, -0.2) is 41.1 Å². The van der Waals surface area contributed by atoms with Crippen molar-refractivity contribution in [2.24, 2.45) is 5.16 Å². The van der Waals surface area contributed by atoms with Crippen molar-refractivity contribution < 1.29 is 14.0 Å². The molecule has 0 radical (unpaired) electrons. The highest BCUT2D eigenvalue weighted by Crippen LogP contribution is 2.31. The van der Waals surface area contributed by atoms with Gasteiger partial charge >= 0.3 is 0 Å². The monoisotopic (exact) mass is 448 g/mol. The Morgan fingerprint density at radius 2 is 1.94 bits per heavy atom. The normalized spacial score (nSPS) is 17.4. The molecule has 33 heavy (non-hydrogen) atoms. The van der Waals surface area contributed by atoms with Crippen LogP contribution in [0.15, 0.2) is 65.7 Å². The van der Waals surface area contributed by atoms with Crippen LogP contribution in [-0.2, 0) is 4.84 Å². The average molecular weight is 449 g/mol. The molecule has 1 unspecified atom stereocenters. The maximum absolute atomic E-state index is 13.4. The summed E-state index contributed by atoms with van der Waals surface area (Å²) < 4.78 is 21.0. The standard InChI is InChI=1S/C26H29FN4O2/c1-18-16-30(17-28-18)24-12-7-20(15-25(24)32-3)14-22-6-5-13-31(26(22)29-33-4)19(2)21-8-10-23(27)11-9-21/h7-12,14-17,19H,5-6,13H2,1-4H3/b22-14+,29-26?. The van der Waals surface area contributed by atoms with Gasteiger partial charge in [-0.05, 0) is 73.7 Å². The van der Waals surface area contributed by atoms with E-state index in [1.807, 2.05) is 42.0 Å². The minimum absolute atomic E-state index is 0.0320. The van der Waals surface area contributed by atoms with Crippen molar-refractivity contribution in [1.29, 1.82) is 0 Å². The first-order chi connectivity index (χ1) is 16.0. The van der Waals surface area contributed by atoms with Crippen LogP contribution >= 0.6 is 0 Å². The second kappa shape index (κ2) is 9.90. The van der Waals surface area contributed by atoms with Gasteiger partial charge in [0.1, 0.15) is 18.7 Å². The van der Waals surface area contributed by atoms with Crippen molar-refractivity contribution in [3.8, 4) is 11.4 Å². The number of rotatable bonds is 6. The molecule has 1 aliphatic rings. The van der Waals surface area contributed by atoms with Gasteiger partial charge in [0.2, 0.25) is 0 Å². The molecule has 1 fully saturated rings. The fourth-order valence-corrected chi connectivity index (χ4v) is 4.23. The lowest BCUT2D eigenvalue weighted by molar-refractivity contribution is 0.198. The van der Waals surface area contributed by atoms with Gasteiger partial charge in [-0.3, -0.25) is 0 Å². The maximum atomic E-state index is 13.4. The van der Waals surface area contributed by atoms with Crippen LogP contribution in [0.3, 0.4) is 0 Å². The highest BCUT2D eigenvalue weighted by Gasteiger charge is 2.27. The van der Waals surface area contributed by atoms with Crippen molar-refractivity contribution >= 4 is 11.9 Å². The number of methoxy groups -OCH3 is 1. The molecule has 0 N–H and O–H groups in total. The van der Waals surface area contributed by atoms with E-state index >= 15 is 0 Å². The van der Waals surface area contributed by atoms with E-state index in [2.05, 4.69) is 34.1 Å². The molecule has 3 aromatic rings. The predicted molar refractivity (Wildman–Crippen MR) is 128 cm³/mol. The molecule has 1 atom stereocenters. The second-order valence-electron chi connectivity index (χ2n) is 8.15. The molecule has 0 saturated carbocycles. The zero-order valence-corrected chi connectivity index (χ0v) is 19.5. The third-order valence-corrected chi connectivity index (χ3v) is 5.94. The number of aromatic nitrogens is 2. The van der Waals surface area contributed by atoms with Crippen LogP contribution in [0.5, 0.6) is 5.75 Å². The van der Waals surface area contributed by atoms with Crippen molar-refractivity contribution in [2.45, 2.75) is 32.7 Å². The number of oxime groups is 1. The molecular formula is C26H29FN4O2. The first-order valence-electron chi connectivity index (χ1n) is 11.0. The topological polar surface area (TPSA) is 51.9 Å². The Labute approximate surface area is 194 Å². The number of likely N-dealkylation sites (tertiary alicyclic amines) is 1. The van der Waals surface area contributed by atoms with Gasteiger partial charge in [0.15, 0.2) is 5.84 Å². The van der Waals surface area contributed by atoms with E-state index in [9.17, 15) is 4.39 Å². The molecule has 6 nitrogen and oxygen atoms in total. The first-order valence-corrected chi connectivity index (χ1v) is 11.0. The largest absolute Gasteiger partial charge is 0.495 e. The van der Waals surface area contributed by atoms with E-state index in [-0.39, 0.29) is 11.9 Å². The number of nitrogens with zero attached hydrogens (tertiary/aromatic N) is 4. The summed E-state index contributed by atoms with van der Waals surface area (Å²) in [7, 11) is 3.23. The molecule has 2 aromatic carbocycles. The summed E-state index contributed by atoms with van der Waals surface area (Å²) in [5, 5.41) is 4.37. The Bertz CT molecular complexity index is 1170. The van der Waals surface area contributed by atoms with Crippen LogP contribution in [0.4, 0.5) is 4.39 Å². The number of hydrogen-bond donors (Lipinski definition) is 0. The maximum Gasteiger partial charge on any atom is 0.171 e. The summed E-state index contributed by atoms with van der Waals surface area (Å²) in [4.78, 5) is 11.7. The number of hydrogen-bond acceptors (Lipinski definition) is 4. The lowest BCUT2D eigenvalue weighted by atomic mass is 9.97. The third kappa shape index (κ3) is 4.92. The predicted octanol–water partition coefficient (Wildman–Crippen LogP) is 5.53. The highest BCUT2D eigenvalue weighted by atomic mass is 19.1.